The molecule has 0 fully saturated rings. The van der Waals surface area contributed by atoms with Crippen LogP contribution in [0.2, 0.25) is 0 Å². The number of rotatable bonds is 12. The van der Waals surface area contributed by atoms with Gasteiger partial charge in [-0.1, -0.05) is 48.9 Å². The zero-order chi connectivity index (χ0) is 23.6. The van der Waals surface area contributed by atoms with Crippen molar-refractivity contribution < 1.29 is 14.3 Å². The fraction of sp³-hybridized carbons (Fsp3) is 0.400. The normalized spacial score (nSPS) is 12.0. The van der Waals surface area contributed by atoms with Crippen molar-refractivity contribution in [2.24, 2.45) is 0 Å². The SMILES string of the molecule is CCCC(NC(=O)CCc1ccsc1)C(=O)Nc1ncc(-c2ccccc2COC(C)C)s1. The molecule has 0 saturated heterocycles. The van der Waals surface area contributed by atoms with Crippen molar-refractivity contribution in [1.29, 1.82) is 0 Å². The first-order valence-corrected chi connectivity index (χ1v) is 13.0. The highest BCUT2D eigenvalue weighted by Gasteiger charge is 2.21. The topological polar surface area (TPSA) is 80.3 Å². The van der Waals surface area contributed by atoms with Gasteiger partial charge in [0.1, 0.15) is 6.04 Å². The van der Waals surface area contributed by atoms with Crippen molar-refractivity contribution >= 4 is 39.6 Å². The van der Waals surface area contributed by atoms with Crippen LogP contribution in [0.5, 0.6) is 0 Å². The number of thiophene rings is 1. The standard InChI is InChI=1S/C25H31N3O3S2/c1-4-7-21(27-23(29)11-10-18-12-13-32-16-18)24(30)28-25-26-14-22(33-25)20-9-6-5-8-19(20)15-31-17(2)3/h5-6,8-9,12-14,16-17,21H,4,7,10-11,15H2,1-3H3,(H,27,29)(H,26,28,30). The second-order valence-electron chi connectivity index (χ2n) is 8.08. The molecule has 0 radical (unpaired) electrons. The minimum atomic E-state index is -0.580. The minimum absolute atomic E-state index is 0.117. The molecule has 8 heteroatoms. The summed E-state index contributed by atoms with van der Waals surface area (Å²) < 4.78 is 5.77. The molecule has 1 aromatic carbocycles. The Labute approximate surface area is 203 Å². The smallest absolute Gasteiger partial charge is 0.248 e. The number of benzene rings is 1. The molecule has 176 valence electrons. The summed E-state index contributed by atoms with van der Waals surface area (Å²) >= 11 is 3.03. The van der Waals surface area contributed by atoms with Crippen LogP contribution in [-0.4, -0.2) is 28.9 Å². The largest absolute Gasteiger partial charge is 0.374 e. The van der Waals surface area contributed by atoms with Gasteiger partial charge in [-0.2, -0.15) is 11.3 Å². The summed E-state index contributed by atoms with van der Waals surface area (Å²) in [5.74, 6) is -0.355. The first kappa shape index (κ1) is 25.1. The lowest BCUT2D eigenvalue weighted by Gasteiger charge is -2.17. The fourth-order valence-electron chi connectivity index (χ4n) is 3.31. The number of ether oxygens (including phenoxy) is 1. The molecule has 2 N–H and O–H groups in total. The van der Waals surface area contributed by atoms with E-state index in [4.69, 9.17) is 4.74 Å². The van der Waals surface area contributed by atoms with Crippen LogP contribution in [0.1, 0.15) is 51.2 Å². The van der Waals surface area contributed by atoms with E-state index in [-0.39, 0.29) is 17.9 Å². The van der Waals surface area contributed by atoms with Gasteiger partial charge in [-0.3, -0.25) is 9.59 Å². The van der Waals surface area contributed by atoms with Crippen LogP contribution in [0, 0.1) is 0 Å². The number of carbonyl (C=O) groups excluding carboxylic acids is 2. The van der Waals surface area contributed by atoms with Crippen molar-refractivity contribution in [2.45, 2.75) is 65.2 Å². The van der Waals surface area contributed by atoms with Gasteiger partial charge in [-0.25, -0.2) is 4.98 Å². The maximum absolute atomic E-state index is 12.9. The summed E-state index contributed by atoms with van der Waals surface area (Å²) in [4.78, 5) is 30.6. The highest BCUT2D eigenvalue weighted by molar-refractivity contribution is 7.19. The van der Waals surface area contributed by atoms with Crippen LogP contribution in [0.3, 0.4) is 0 Å². The molecule has 2 amide bonds. The van der Waals surface area contributed by atoms with Crippen LogP contribution in [0.4, 0.5) is 5.13 Å². The summed E-state index contributed by atoms with van der Waals surface area (Å²) in [6.45, 7) is 6.53. The Morgan fingerprint density at radius 2 is 2.00 bits per heavy atom. The van der Waals surface area contributed by atoms with Crippen molar-refractivity contribution in [3.63, 3.8) is 0 Å². The second kappa shape index (κ2) is 12.6. The van der Waals surface area contributed by atoms with Crippen LogP contribution in [0.25, 0.3) is 10.4 Å². The number of aromatic nitrogens is 1. The van der Waals surface area contributed by atoms with E-state index in [0.717, 1.165) is 28.0 Å². The van der Waals surface area contributed by atoms with E-state index in [0.29, 0.717) is 31.0 Å². The molecule has 3 aromatic rings. The molecule has 33 heavy (non-hydrogen) atoms. The fourth-order valence-corrected chi connectivity index (χ4v) is 4.89. The van der Waals surface area contributed by atoms with Crippen LogP contribution in [0.15, 0.2) is 47.3 Å². The van der Waals surface area contributed by atoms with Gasteiger partial charge >= 0.3 is 0 Å². The highest BCUT2D eigenvalue weighted by atomic mass is 32.1. The quantitative estimate of drug-likeness (QED) is 0.347. The zero-order valence-electron chi connectivity index (χ0n) is 19.3. The summed E-state index contributed by atoms with van der Waals surface area (Å²) in [5, 5.41) is 10.3. The Bertz CT molecular complexity index is 1030. The van der Waals surface area contributed by atoms with Crippen LogP contribution >= 0.6 is 22.7 Å². The van der Waals surface area contributed by atoms with E-state index in [1.165, 1.54) is 11.3 Å². The van der Waals surface area contributed by atoms with E-state index in [1.807, 2.05) is 61.9 Å². The number of nitrogens with zero attached hydrogens (tertiary/aromatic N) is 1. The van der Waals surface area contributed by atoms with Gasteiger partial charge in [-0.05, 0) is 60.2 Å². The van der Waals surface area contributed by atoms with Gasteiger partial charge in [0.05, 0.1) is 17.6 Å². The Morgan fingerprint density at radius 1 is 1.18 bits per heavy atom. The molecule has 1 unspecified atom stereocenters. The Kier molecular flexibility index (Phi) is 9.60. The average Bonchev–Trinajstić information content (AvgIpc) is 3.48. The lowest BCUT2D eigenvalue weighted by Crippen LogP contribution is -2.43. The predicted octanol–water partition coefficient (Wildman–Crippen LogP) is 5.65. The molecule has 0 aliphatic carbocycles. The number of hydrogen-bond donors (Lipinski definition) is 2. The summed E-state index contributed by atoms with van der Waals surface area (Å²) in [6, 6.07) is 9.48. The monoisotopic (exact) mass is 485 g/mol. The van der Waals surface area contributed by atoms with E-state index < -0.39 is 6.04 Å². The molecule has 0 aliphatic rings. The molecule has 2 aromatic heterocycles. The van der Waals surface area contributed by atoms with E-state index in [9.17, 15) is 9.59 Å². The molecule has 6 nitrogen and oxygen atoms in total. The van der Waals surface area contributed by atoms with Gasteiger partial charge in [0.25, 0.3) is 0 Å². The summed E-state index contributed by atoms with van der Waals surface area (Å²) in [7, 11) is 0. The van der Waals surface area contributed by atoms with Gasteiger partial charge in [-0.15, -0.1) is 0 Å². The molecule has 1 atom stereocenters. The number of thiazole rings is 1. The molecule has 0 bridgehead atoms. The van der Waals surface area contributed by atoms with E-state index in [2.05, 4.69) is 15.6 Å². The third-order valence-electron chi connectivity index (χ3n) is 5.04. The Hall–Kier alpha value is -2.55. The second-order valence-corrected chi connectivity index (χ2v) is 9.89. The van der Waals surface area contributed by atoms with Crippen molar-refractivity contribution in [2.75, 3.05) is 5.32 Å². The minimum Gasteiger partial charge on any atom is -0.374 e. The molecule has 0 saturated carbocycles. The molecule has 3 rings (SSSR count). The van der Waals surface area contributed by atoms with Crippen LogP contribution in [-0.2, 0) is 27.4 Å². The molecular weight excluding hydrogens is 454 g/mol. The van der Waals surface area contributed by atoms with Gasteiger partial charge in [0.2, 0.25) is 11.8 Å². The maximum Gasteiger partial charge on any atom is 0.248 e. The highest BCUT2D eigenvalue weighted by Crippen LogP contribution is 2.32. The third-order valence-corrected chi connectivity index (χ3v) is 6.72. The molecule has 0 spiro atoms. The van der Waals surface area contributed by atoms with Crippen molar-refractivity contribution in [3.8, 4) is 10.4 Å². The molecular formula is C25H31N3O3S2. The first-order chi connectivity index (χ1) is 16.0. The Balaban J connectivity index is 1.61. The van der Waals surface area contributed by atoms with Crippen LogP contribution < -0.4 is 10.6 Å². The number of aryl methyl sites for hydroxylation is 1. The number of hydrogen-bond acceptors (Lipinski definition) is 6. The van der Waals surface area contributed by atoms with Crippen molar-refractivity contribution in [3.05, 3.63) is 58.4 Å². The average molecular weight is 486 g/mol. The van der Waals surface area contributed by atoms with E-state index >= 15 is 0 Å². The number of anilines is 1. The lowest BCUT2D eigenvalue weighted by atomic mass is 10.1. The molecule has 2 heterocycles. The van der Waals surface area contributed by atoms with Gasteiger partial charge in [0.15, 0.2) is 5.13 Å². The first-order valence-electron chi connectivity index (χ1n) is 11.2. The maximum atomic E-state index is 12.9. The summed E-state index contributed by atoms with van der Waals surface area (Å²) in [6.07, 6.45) is 4.30. The molecule has 0 aliphatic heterocycles. The van der Waals surface area contributed by atoms with Gasteiger partial charge in [0, 0.05) is 12.6 Å². The number of carbonyl (C=O) groups is 2. The Morgan fingerprint density at radius 3 is 2.73 bits per heavy atom. The van der Waals surface area contributed by atoms with Gasteiger partial charge < -0.3 is 15.4 Å². The predicted molar refractivity (Wildman–Crippen MR) is 136 cm³/mol. The lowest BCUT2D eigenvalue weighted by molar-refractivity contribution is -0.126. The summed E-state index contributed by atoms with van der Waals surface area (Å²) in [5.41, 5.74) is 3.26. The number of nitrogens with one attached hydrogen (secondary N) is 2. The zero-order valence-corrected chi connectivity index (χ0v) is 20.9. The third kappa shape index (κ3) is 7.77. The number of amides is 2. The van der Waals surface area contributed by atoms with E-state index in [1.54, 1.807) is 17.5 Å². The van der Waals surface area contributed by atoms with Crippen molar-refractivity contribution in [1.82, 2.24) is 10.3 Å².